The van der Waals surface area contributed by atoms with E-state index >= 15 is 0 Å². The summed E-state index contributed by atoms with van der Waals surface area (Å²) in [5, 5.41) is 13.6. The number of benzene rings is 7. The molecule has 0 unspecified atom stereocenters. The summed E-state index contributed by atoms with van der Waals surface area (Å²) in [5.74, 6) is 0.610. The van der Waals surface area contributed by atoms with Crippen molar-refractivity contribution in [1.82, 2.24) is 18.9 Å². The van der Waals surface area contributed by atoms with Crippen molar-refractivity contribution in [3.8, 4) is 17.2 Å². The Kier molecular flexibility index (Phi) is 5.79. The van der Waals surface area contributed by atoms with Gasteiger partial charge in [-0.15, -0.1) is 0 Å². The van der Waals surface area contributed by atoms with Crippen LogP contribution < -0.4 is 5.35 Å². The first-order chi connectivity index (χ1) is 26.7. The maximum absolute atomic E-state index is 6.41. The van der Waals surface area contributed by atoms with Crippen molar-refractivity contribution >= 4 is 105 Å². The van der Waals surface area contributed by atoms with Gasteiger partial charge in [-0.2, -0.15) is 0 Å². The van der Waals surface area contributed by atoms with E-state index in [1.807, 2.05) is 24.3 Å². The molecule has 252 valence electrons. The monoisotopic (exact) mass is 690 g/mol. The largest absolute Gasteiger partial charge is 0.456 e. The van der Waals surface area contributed by atoms with Gasteiger partial charge in [-0.25, -0.2) is 9.97 Å². The van der Waals surface area contributed by atoms with Gasteiger partial charge < -0.3 is 8.82 Å². The van der Waals surface area contributed by atoms with Crippen molar-refractivity contribution in [3.63, 3.8) is 0 Å². The Morgan fingerprint density at radius 2 is 1.31 bits per heavy atom. The Hall–Kier alpha value is -7.24. The maximum Gasteiger partial charge on any atom is 0.235 e. The highest BCUT2D eigenvalue weighted by Crippen LogP contribution is 2.42. The Balaban J connectivity index is 1.29. The normalized spacial score (nSPS) is 12.7. The fraction of sp³-hybridized carbons (Fsp3) is 0.0204. The van der Waals surface area contributed by atoms with Crippen molar-refractivity contribution in [3.05, 3.63) is 157 Å². The van der Waals surface area contributed by atoms with Crippen LogP contribution >= 0.6 is 0 Å². The molecule has 0 radical (unpaired) electrons. The molecule has 0 spiro atoms. The molecule has 7 aromatic carbocycles. The van der Waals surface area contributed by atoms with Gasteiger partial charge in [-0.3, -0.25) is 4.57 Å². The van der Waals surface area contributed by atoms with Crippen LogP contribution in [0, 0.1) is 0 Å². The summed E-state index contributed by atoms with van der Waals surface area (Å²) in [4.78, 5) is 10.8. The van der Waals surface area contributed by atoms with Gasteiger partial charge in [0, 0.05) is 48.7 Å². The lowest BCUT2D eigenvalue weighted by Gasteiger charge is -2.14. The maximum atomic E-state index is 6.41. The number of nitrogens with zero attached hydrogens (tertiary/aromatic N) is 4. The predicted molar refractivity (Wildman–Crippen MR) is 226 cm³/mol. The molecule has 5 heteroatoms. The molecule has 0 amide bonds. The van der Waals surface area contributed by atoms with E-state index in [2.05, 4.69) is 150 Å². The van der Waals surface area contributed by atoms with E-state index in [0.29, 0.717) is 5.95 Å². The molecule has 0 aliphatic carbocycles. The SMILES string of the molecule is C=Cc1c2/c(=C\C)n3c4cc5c(cc4c4cccc(c6cccc(c26)n1-c1nc(-c2ccccc2)c2c(ccc6ccccc62)n1)c43)oc1ccccc15. The molecule has 0 bridgehead atoms. The van der Waals surface area contributed by atoms with Gasteiger partial charge in [0.15, 0.2) is 0 Å². The van der Waals surface area contributed by atoms with Crippen LogP contribution in [0.3, 0.4) is 0 Å². The summed E-state index contributed by atoms with van der Waals surface area (Å²) in [6.45, 7) is 6.58. The molecule has 0 N–H and O–H groups in total. The average Bonchev–Trinajstić information content (AvgIpc) is 3.84. The van der Waals surface area contributed by atoms with E-state index in [0.717, 1.165) is 93.1 Å². The van der Waals surface area contributed by atoms with Crippen LogP contribution in [0.5, 0.6) is 0 Å². The van der Waals surface area contributed by atoms with Crippen LogP contribution in [-0.4, -0.2) is 18.9 Å². The van der Waals surface area contributed by atoms with Gasteiger partial charge in [0.1, 0.15) is 11.2 Å². The molecule has 12 rings (SSSR count). The molecular weight excluding hydrogens is 661 g/mol. The summed E-state index contributed by atoms with van der Waals surface area (Å²) in [6, 6.07) is 49.3. The fourth-order valence-corrected chi connectivity index (χ4v) is 9.18. The molecule has 0 aliphatic rings. The first-order valence-electron chi connectivity index (χ1n) is 18.3. The van der Waals surface area contributed by atoms with Gasteiger partial charge in [0.2, 0.25) is 5.95 Å². The third-order valence-corrected chi connectivity index (χ3v) is 11.4. The fourth-order valence-electron chi connectivity index (χ4n) is 9.18. The lowest BCUT2D eigenvalue weighted by molar-refractivity contribution is 0.669. The lowest BCUT2D eigenvalue weighted by atomic mass is 10.0. The Labute approximate surface area is 308 Å². The first kappa shape index (κ1) is 29.3. The highest BCUT2D eigenvalue weighted by atomic mass is 16.3. The van der Waals surface area contributed by atoms with Crippen molar-refractivity contribution < 1.29 is 4.42 Å². The number of hydrogen-bond donors (Lipinski definition) is 0. The molecule has 0 atom stereocenters. The van der Waals surface area contributed by atoms with Gasteiger partial charge in [-0.1, -0.05) is 122 Å². The molecule has 54 heavy (non-hydrogen) atoms. The van der Waals surface area contributed by atoms with Crippen LogP contribution in [0.25, 0.3) is 122 Å². The van der Waals surface area contributed by atoms with E-state index in [4.69, 9.17) is 14.4 Å². The molecule has 5 aromatic heterocycles. The second-order valence-electron chi connectivity index (χ2n) is 14.1. The second kappa shape index (κ2) is 10.7. The van der Waals surface area contributed by atoms with E-state index in [1.54, 1.807) is 0 Å². The van der Waals surface area contributed by atoms with E-state index < -0.39 is 0 Å². The molecule has 5 nitrogen and oxygen atoms in total. The predicted octanol–water partition coefficient (Wildman–Crippen LogP) is 12.2. The Bertz CT molecular complexity index is 3640. The summed E-state index contributed by atoms with van der Waals surface area (Å²) < 4.78 is 11.1. The Morgan fingerprint density at radius 1 is 0.574 bits per heavy atom. The van der Waals surface area contributed by atoms with Gasteiger partial charge >= 0.3 is 0 Å². The standard InChI is InChI=1S/C49H30N4O/c1-3-38-46-39(4-2)53(49-50-37-25-24-28-14-8-9-17-30(28)44(37)47(51-49)29-15-6-5-7-16-29)40-22-13-19-32(45(40)46)33-20-12-21-34-35-27-43-36(26-41(35)52(38)48(33)34)31-18-10-11-23-42(31)54-43/h3-27H,2H2,1H3/b38-3+. The number of furan rings is 1. The lowest BCUT2D eigenvalue weighted by Crippen LogP contribution is -2.12. The van der Waals surface area contributed by atoms with Crippen LogP contribution in [-0.2, 0) is 0 Å². The van der Waals surface area contributed by atoms with Crippen LogP contribution in [0.2, 0.25) is 0 Å². The smallest absolute Gasteiger partial charge is 0.235 e. The zero-order valence-electron chi connectivity index (χ0n) is 29.3. The number of rotatable bonds is 3. The quantitative estimate of drug-likeness (QED) is 0.173. The third-order valence-electron chi connectivity index (χ3n) is 11.4. The molecule has 12 aromatic rings. The van der Waals surface area contributed by atoms with Crippen molar-refractivity contribution in [2.45, 2.75) is 6.92 Å². The van der Waals surface area contributed by atoms with Crippen LogP contribution in [0.15, 0.2) is 151 Å². The second-order valence-corrected chi connectivity index (χ2v) is 14.1. The van der Waals surface area contributed by atoms with E-state index in [9.17, 15) is 0 Å². The average molecular weight is 691 g/mol. The van der Waals surface area contributed by atoms with Crippen LogP contribution in [0.4, 0.5) is 0 Å². The zero-order valence-corrected chi connectivity index (χ0v) is 29.3. The Morgan fingerprint density at radius 3 is 2.17 bits per heavy atom. The summed E-state index contributed by atoms with van der Waals surface area (Å²) in [5.41, 5.74) is 8.92. The third kappa shape index (κ3) is 3.72. The highest BCUT2D eigenvalue weighted by molar-refractivity contribution is 6.27. The van der Waals surface area contributed by atoms with Gasteiger partial charge in [0.25, 0.3) is 0 Å². The molecular formula is C49H30N4O. The highest BCUT2D eigenvalue weighted by Gasteiger charge is 2.24. The summed E-state index contributed by atoms with van der Waals surface area (Å²) >= 11 is 0. The summed E-state index contributed by atoms with van der Waals surface area (Å²) in [6.07, 6.45) is 4.21. The topological polar surface area (TPSA) is 48.3 Å². The molecule has 0 fully saturated rings. The van der Waals surface area contributed by atoms with Gasteiger partial charge in [0.05, 0.1) is 38.8 Å². The minimum Gasteiger partial charge on any atom is -0.456 e. The number of hydrogen-bond acceptors (Lipinski definition) is 3. The molecule has 0 saturated heterocycles. The zero-order chi connectivity index (χ0) is 35.7. The van der Waals surface area contributed by atoms with Crippen molar-refractivity contribution in [1.29, 1.82) is 0 Å². The molecule has 0 saturated carbocycles. The first-order valence-corrected chi connectivity index (χ1v) is 18.3. The van der Waals surface area contributed by atoms with Crippen LogP contribution in [0.1, 0.15) is 12.6 Å². The van der Waals surface area contributed by atoms with Crippen molar-refractivity contribution in [2.75, 3.05) is 0 Å². The van der Waals surface area contributed by atoms with Crippen molar-refractivity contribution in [2.24, 2.45) is 0 Å². The summed E-state index contributed by atoms with van der Waals surface area (Å²) in [7, 11) is 0. The molecule has 0 aliphatic heterocycles. The van der Waals surface area contributed by atoms with E-state index in [-0.39, 0.29) is 0 Å². The number of aromatic nitrogens is 4. The minimum atomic E-state index is 0.610. The number of para-hydroxylation sites is 2. The van der Waals surface area contributed by atoms with Gasteiger partial charge in [-0.05, 0) is 59.5 Å². The minimum absolute atomic E-state index is 0.610. The van der Waals surface area contributed by atoms with E-state index in [1.165, 1.54) is 21.7 Å². The number of fused-ring (bicyclic) bond motifs is 10. The molecule has 5 heterocycles.